The molecule has 1 aromatic carbocycles. The van der Waals surface area contributed by atoms with Gasteiger partial charge in [-0.05, 0) is 19.1 Å². The second-order valence-electron chi connectivity index (χ2n) is 4.04. The van der Waals surface area contributed by atoms with Crippen molar-refractivity contribution < 1.29 is 0 Å². The summed E-state index contributed by atoms with van der Waals surface area (Å²) in [5.74, 6) is 5.74. The molecule has 0 amide bonds. The Morgan fingerprint density at radius 3 is 2.74 bits per heavy atom. The summed E-state index contributed by atoms with van der Waals surface area (Å²) in [5.41, 5.74) is 4.35. The standard InChI is InChI=1S/C12H12N6S/c1-7-2-4-8(5-3-7)19-11-9-6-14-18-10(9)15-12(16-11)17-13/h2-6H,13H2,1H3,(H2,14,15,16,17,18). The third kappa shape index (κ3) is 2.38. The molecule has 0 aliphatic rings. The molecule has 7 heteroatoms. The van der Waals surface area contributed by atoms with Gasteiger partial charge in [-0.3, -0.25) is 10.5 Å². The van der Waals surface area contributed by atoms with Crippen molar-refractivity contribution in [2.45, 2.75) is 16.8 Å². The van der Waals surface area contributed by atoms with Crippen LogP contribution in [0.3, 0.4) is 0 Å². The Kier molecular flexibility index (Phi) is 3.06. The molecule has 0 radical (unpaired) electrons. The molecule has 19 heavy (non-hydrogen) atoms. The first-order valence-electron chi connectivity index (χ1n) is 5.68. The van der Waals surface area contributed by atoms with Crippen LogP contribution in [0.4, 0.5) is 5.95 Å². The number of nitrogens with one attached hydrogen (secondary N) is 2. The molecule has 0 aliphatic heterocycles. The molecule has 2 heterocycles. The number of nitrogen functional groups attached to an aromatic ring is 1. The van der Waals surface area contributed by atoms with E-state index in [1.54, 1.807) is 18.0 Å². The van der Waals surface area contributed by atoms with E-state index in [0.717, 1.165) is 15.3 Å². The largest absolute Gasteiger partial charge is 0.292 e. The number of rotatable bonds is 3. The Morgan fingerprint density at radius 1 is 1.21 bits per heavy atom. The van der Waals surface area contributed by atoms with Gasteiger partial charge in [-0.25, -0.2) is 10.8 Å². The summed E-state index contributed by atoms with van der Waals surface area (Å²) in [6, 6.07) is 8.25. The number of hydrazine groups is 1. The van der Waals surface area contributed by atoms with Crippen LogP contribution in [0.15, 0.2) is 40.4 Å². The first-order chi connectivity index (χ1) is 9.26. The number of nitrogens with two attached hydrogens (primary N) is 1. The highest BCUT2D eigenvalue weighted by Gasteiger charge is 2.10. The maximum absolute atomic E-state index is 5.37. The van der Waals surface area contributed by atoms with E-state index in [0.29, 0.717) is 11.6 Å². The zero-order valence-corrected chi connectivity index (χ0v) is 11.0. The molecule has 0 saturated heterocycles. The third-order valence-electron chi connectivity index (χ3n) is 2.64. The highest BCUT2D eigenvalue weighted by Crippen LogP contribution is 2.31. The van der Waals surface area contributed by atoms with Gasteiger partial charge in [-0.2, -0.15) is 10.1 Å². The van der Waals surface area contributed by atoms with Crippen molar-refractivity contribution in [2.75, 3.05) is 5.43 Å². The predicted molar refractivity (Wildman–Crippen MR) is 74.8 cm³/mol. The average Bonchev–Trinajstić information content (AvgIpc) is 2.89. The van der Waals surface area contributed by atoms with Gasteiger partial charge >= 0.3 is 0 Å². The first-order valence-corrected chi connectivity index (χ1v) is 6.50. The van der Waals surface area contributed by atoms with Crippen molar-refractivity contribution in [3.05, 3.63) is 36.0 Å². The lowest BCUT2D eigenvalue weighted by atomic mass is 10.2. The monoisotopic (exact) mass is 272 g/mol. The zero-order valence-electron chi connectivity index (χ0n) is 10.2. The first kappa shape index (κ1) is 11.9. The number of aromatic amines is 1. The van der Waals surface area contributed by atoms with Gasteiger partial charge in [0.25, 0.3) is 0 Å². The van der Waals surface area contributed by atoms with E-state index in [1.807, 2.05) is 0 Å². The van der Waals surface area contributed by atoms with Crippen LogP contribution in [0.25, 0.3) is 11.0 Å². The van der Waals surface area contributed by atoms with Crippen LogP contribution in [0.5, 0.6) is 0 Å². The maximum Gasteiger partial charge on any atom is 0.240 e. The van der Waals surface area contributed by atoms with Gasteiger partial charge in [0.05, 0.1) is 11.6 Å². The zero-order chi connectivity index (χ0) is 13.2. The number of anilines is 1. The Hall–Kier alpha value is -2.12. The van der Waals surface area contributed by atoms with Crippen molar-refractivity contribution in [2.24, 2.45) is 5.84 Å². The molecule has 96 valence electrons. The van der Waals surface area contributed by atoms with Gasteiger partial charge in [0, 0.05) is 4.90 Å². The fourth-order valence-corrected chi connectivity index (χ4v) is 2.56. The molecule has 0 aliphatic carbocycles. The van der Waals surface area contributed by atoms with Crippen LogP contribution in [0.1, 0.15) is 5.56 Å². The molecule has 0 saturated carbocycles. The Morgan fingerprint density at radius 2 is 2.00 bits per heavy atom. The average molecular weight is 272 g/mol. The van der Waals surface area contributed by atoms with Crippen molar-refractivity contribution >= 4 is 28.7 Å². The van der Waals surface area contributed by atoms with Gasteiger partial charge in [0.2, 0.25) is 5.95 Å². The molecule has 2 aromatic heterocycles. The van der Waals surface area contributed by atoms with Crippen LogP contribution in [0.2, 0.25) is 0 Å². The molecule has 0 bridgehead atoms. The lowest BCUT2D eigenvalue weighted by molar-refractivity contribution is 1.05. The number of hydrogen-bond acceptors (Lipinski definition) is 6. The minimum atomic E-state index is 0.367. The summed E-state index contributed by atoms with van der Waals surface area (Å²) in [4.78, 5) is 9.66. The Labute approximate surface area is 113 Å². The normalized spacial score (nSPS) is 10.8. The van der Waals surface area contributed by atoms with Crippen LogP contribution in [-0.4, -0.2) is 20.2 Å². The minimum absolute atomic E-state index is 0.367. The lowest BCUT2D eigenvalue weighted by Crippen LogP contribution is -2.10. The summed E-state index contributed by atoms with van der Waals surface area (Å²) in [7, 11) is 0. The highest BCUT2D eigenvalue weighted by molar-refractivity contribution is 7.99. The van der Waals surface area contributed by atoms with Gasteiger partial charge in [-0.15, -0.1) is 0 Å². The predicted octanol–water partition coefficient (Wildman–Crippen LogP) is 2.10. The second-order valence-corrected chi connectivity index (χ2v) is 5.11. The molecule has 6 nitrogen and oxygen atoms in total. The van der Waals surface area contributed by atoms with Crippen molar-refractivity contribution in [3.8, 4) is 0 Å². The molecule has 0 atom stereocenters. The molecule has 3 aromatic rings. The smallest absolute Gasteiger partial charge is 0.240 e. The number of aromatic nitrogens is 4. The number of H-pyrrole nitrogens is 1. The van der Waals surface area contributed by atoms with Crippen LogP contribution in [0, 0.1) is 6.92 Å². The van der Waals surface area contributed by atoms with Gasteiger partial charge < -0.3 is 0 Å². The van der Waals surface area contributed by atoms with E-state index in [2.05, 4.69) is 56.8 Å². The van der Waals surface area contributed by atoms with E-state index >= 15 is 0 Å². The topological polar surface area (TPSA) is 92.5 Å². The van der Waals surface area contributed by atoms with Crippen molar-refractivity contribution in [1.29, 1.82) is 0 Å². The fourth-order valence-electron chi connectivity index (χ4n) is 1.67. The van der Waals surface area contributed by atoms with E-state index in [4.69, 9.17) is 5.84 Å². The van der Waals surface area contributed by atoms with Gasteiger partial charge in [0.15, 0.2) is 5.65 Å². The number of hydrogen-bond donors (Lipinski definition) is 3. The Bertz CT molecular complexity index is 706. The van der Waals surface area contributed by atoms with Crippen molar-refractivity contribution in [1.82, 2.24) is 20.2 Å². The van der Waals surface area contributed by atoms with Gasteiger partial charge in [-0.1, -0.05) is 29.5 Å². The van der Waals surface area contributed by atoms with Crippen LogP contribution in [-0.2, 0) is 0 Å². The van der Waals surface area contributed by atoms with Crippen LogP contribution >= 0.6 is 11.8 Å². The number of nitrogens with zero attached hydrogens (tertiary/aromatic N) is 3. The number of aryl methyl sites for hydroxylation is 1. The summed E-state index contributed by atoms with van der Waals surface area (Å²) in [6.07, 6.45) is 1.71. The molecule has 0 unspecified atom stereocenters. The highest BCUT2D eigenvalue weighted by atomic mass is 32.2. The van der Waals surface area contributed by atoms with Gasteiger partial charge in [0.1, 0.15) is 5.03 Å². The van der Waals surface area contributed by atoms with Crippen LogP contribution < -0.4 is 11.3 Å². The van der Waals surface area contributed by atoms with E-state index in [-0.39, 0.29) is 0 Å². The van der Waals surface area contributed by atoms with E-state index in [1.165, 1.54) is 5.56 Å². The molecule has 0 spiro atoms. The summed E-state index contributed by atoms with van der Waals surface area (Å²) in [5, 5.41) is 8.50. The molecule has 4 N–H and O–H groups in total. The molecular formula is C12H12N6S. The maximum atomic E-state index is 5.37. The quantitative estimate of drug-likeness (QED) is 0.384. The Balaban J connectivity index is 2.03. The number of benzene rings is 1. The molecule has 3 rings (SSSR count). The fraction of sp³-hybridized carbons (Fsp3) is 0.0833. The third-order valence-corrected chi connectivity index (χ3v) is 3.65. The van der Waals surface area contributed by atoms with E-state index < -0.39 is 0 Å². The molecule has 0 fully saturated rings. The summed E-state index contributed by atoms with van der Waals surface area (Å²) >= 11 is 1.55. The summed E-state index contributed by atoms with van der Waals surface area (Å²) in [6.45, 7) is 2.06. The number of fused-ring (bicyclic) bond motifs is 1. The van der Waals surface area contributed by atoms with Crippen molar-refractivity contribution in [3.63, 3.8) is 0 Å². The minimum Gasteiger partial charge on any atom is -0.292 e. The summed E-state index contributed by atoms with van der Waals surface area (Å²) < 4.78 is 0. The molecular weight excluding hydrogens is 260 g/mol. The SMILES string of the molecule is Cc1ccc(Sc2nc(NN)nc3[nH]ncc23)cc1. The second kappa shape index (κ2) is 4.87. The van der Waals surface area contributed by atoms with E-state index in [9.17, 15) is 0 Å². The lowest BCUT2D eigenvalue weighted by Gasteiger charge is -2.05.